The van der Waals surface area contributed by atoms with Crippen LogP contribution in [-0.2, 0) is 4.74 Å². The van der Waals surface area contributed by atoms with E-state index in [1.54, 1.807) is 0 Å². The zero-order chi connectivity index (χ0) is 4.41. The van der Waals surface area contributed by atoms with Gasteiger partial charge in [-0.25, -0.2) is 0 Å². The van der Waals surface area contributed by atoms with Gasteiger partial charge in [-0.3, -0.25) is 5.41 Å². The van der Waals surface area contributed by atoms with Crippen LogP contribution in [0.25, 0.3) is 0 Å². The van der Waals surface area contributed by atoms with Crippen molar-refractivity contribution in [1.82, 2.24) is 0 Å². The molecule has 1 N–H and O–H groups in total. The highest BCUT2D eigenvalue weighted by atomic mass is 16.5. The summed E-state index contributed by atoms with van der Waals surface area (Å²) in [4.78, 5) is 0. The third kappa shape index (κ3) is 0.578. The van der Waals surface area contributed by atoms with Gasteiger partial charge in [-0.2, -0.15) is 0 Å². The van der Waals surface area contributed by atoms with Gasteiger partial charge >= 0.3 is 0 Å². The Morgan fingerprint density at radius 1 is 2.00 bits per heavy atom. The molecule has 2 nitrogen and oxygen atoms in total. The predicted octanol–water partition coefficient (Wildman–Crippen LogP) is 0.898. The molecule has 1 aliphatic carbocycles. The highest BCUT2D eigenvalue weighted by Gasteiger charge is 2.04. The molecule has 2 heteroatoms. The molecule has 1 aliphatic rings. The van der Waals surface area contributed by atoms with Crippen LogP contribution in [0.1, 0.15) is 6.42 Å². The van der Waals surface area contributed by atoms with Gasteiger partial charge in [0.15, 0.2) is 6.40 Å². The van der Waals surface area contributed by atoms with Gasteiger partial charge in [0.2, 0.25) is 0 Å². The Balaban J connectivity index is 2.16. The number of nitrogens with one attached hydrogen (secondary N) is 1. The molecule has 0 fully saturated rings. The summed E-state index contributed by atoms with van der Waals surface area (Å²) in [5, 5.41) is 6.38. The van der Waals surface area contributed by atoms with Crippen LogP contribution in [0.2, 0.25) is 0 Å². The highest BCUT2D eigenvalue weighted by Crippen LogP contribution is 2.17. The average molecular weight is 83.1 g/mol. The van der Waals surface area contributed by atoms with Crippen LogP contribution in [-0.4, -0.2) is 6.40 Å². The molecule has 1 rings (SSSR count). The lowest BCUT2D eigenvalue weighted by molar-refractivity contribution is 0.454. The van der Waals surface area contributed by atoms with E-state index in [1.807, 2.05) is 6.08 Å². The molecule has 0 aromatic rings. The SMILES string of the molecule is N=COC1=CC1. The third-order valence-corrected chi connectivity index (χ3v) is 0.581. The van der Waals surface area contributed by atoms with E-state index in [-0.39, 0.29) is 0 Å². The van der Waals surface area contributed by atoms with Crippen molar-refractivity contribution in [3.05, 3.63) is 11.8 Å². The van der Waals surface area contributed by atoms with Crippen LogP contribution in [0.15, 0.2) is 11.8 Å². The molecule has 0 atom stereocenters. The Bertz CT molecular complexity index is 95.7. The van der Waals surface area contributed by atoms with Crippen molar-refractivity contribution in [2.24, 2.45) is 0 Å². The van der Waals surface area contributed by atoms with E-state index in [1.165, 1.54) is 0 Å². The van der Waals surface area contributed by atoms with Gasteiger partial charge in [-0.1, -0.05) is 0 Å². The van der Waals surface area contributed by atoms with E-state index in [0.29, 0.717) is 0 Å². The van der Waals surface area contributed by atoms with Crippen molar-refractivity contribution in [1.29, 1.82) is 5.41 Å². The summed E-state index contributed by atoms with van der Waals surface area (Å²) in [7, 11) is 0. The molecule has 0 amide bonds. The minimum Gasteiger partial charge on any atom is -0.451 e. The monoisotopic (exact) mass is 83.0 g/mol. The minimum atomic E-state index is 0.921. The first-order chi connectivity index (χ1) is 2.93. The molecule has 6 heavy (non-hydrogen) atoms. The largest absolute Gasteiger partial charge is 0.451 e. The summed E-state index contributed by atoms with van der Waals surface area (Å²) in [5.41, 5.74) is 0. The van der Waals surface area contributed by atoms with Gasteiger partial charge in [-0.05, 0) is 6.08 Å². The van der Waals surface area contributed by atoms with Crippen molar-refractivity contribution in [3.63, 3.8) is 0 Å². The van der Waals surface area contributed by atoms with E-state index >= 15 is 0 Å². The zero-order valence-electron chi connectivity index (χ0n) is 3.27. The van der Waals surface area contributed by atoms with E-state index in [2.05, 4.69) is 4.74 Å². The summed E-state index contributed by atoms with van der Waals surface area (Å²) < 4.78 is 4.56. The Kier molecular flexibility index (Phi) is 0.638. The van der Waals surface area contributed by atoms with Crippen LogP contribution in [0.4, 0.5) is 0 Å². The number of rotatable bonds is 2. The van der Waals surface area contributed by atoms with Gasteiger partial charge in [-0.15, -0.1) is 0 Å². The lowest BCUT2D eigenvalue weighted by Gasteiger charge is -1.80. The van der Waals surface area contributed by atoms with Crippen LogP contribution >= 0.6 is 0 Å². The molecule has 0 unspecified atom stereocenters. The maximum Gasteiger partial charge on any atom is 0.173 e. The van der Waals surface area contributed by atoms with Crippen molar-refractivity contribution in [3.8, 4) is 0 Å². The second-order valence-corrected chi connectivity index (χ2v) is 1.11. The first kappa shape index (κ1) is 3.40. The normalized spacial score (nSPS) is 15.7. The van der Waals surface area contributed by atoms with E-state index < -0.39 is 0 Å². The van der Waals surface area contributed by atoms with E-state index in [4.69, 9.17) is 5.41 Å². The average Bonchev–Trinajstić information content (AvgIpc) is 2.21. The lowest BCUT2D eigenvalue weighted by atomic mass is 10.8. The molecule has 0 saturated carbocycles. The third-order valence-electron chi connectivity index (χ3n) is 0.581. The molecule has 0 saturated heterocycles. The van der Waals surface area contributed by atoms with E-state index in [9.17, 15) is 0 Å². The smallest absolute Gasteiger partial charge is 0.173 e. The second kappa shape index (κ2) is 1.12. The fraction of sp³-hybridized carbons (Fsp3) is 0.250. The quantitative estimate of drug-likeness (QED) is 0.390. The van der Waals surface area contributed by atoms with Crippen molar-refractivity contribution in [2.45, 2.75) is 6.42 Å². The predicted molar refractivity (Wildman–Crippen MR) is 22.6 cm³/mol. The topological polar surface area (TPSA) is 33.1 Å². The van der Waals surface area contributed by atoms with Crippen LogP contribution in [0.5, 0.6) is 0 Å². The molecule has 0 spiro atoms. The van der Waals surface area contributed by atoms with Crippen LogP contribution in [0, 0.1) is 5.41 Å². The molecule has 0 aromatic carbocycles. The Hall–Kier alpha value is -0.790. The molecular weight excluding hydrogens is 78.0 g/mol. The number of hydrogen-bond acceptors (Lipinski definition) is 2. The molecule has 32 valence electrons. The fourth-order valence-electron chi connectivity index (χ4n) is 0.214. The Labute approximate surface area is 35.9 Å². The highest BCUT2D eigenvalue weighted by molar-refractivity contribution is 5.45. The van der Waals surface area contributed by atoms with Gasteiger partial charge in [0.25, 0.3) is 0 Å². The summed E-state index contributed by atoms with van der Waals surface area (Å²) in [6.07, 6.45) is 3.80. The van der Waals surface area contributed by atoms with Crippen molar-refractivity contribution < 1.29 is 4.74 Å². The first-order valence-corrected chi connectivity index (χ1v) is 1.78. The van der Waals surface area contributed by atoms with Gasteiger partial charge in [0.1, 0.15) is 5.76 Å². The summed E-state index contributed by atoms with van der Waals surface area (Å²) >= 11 is 0. The molecule has 0 aromatic heterocycles. The van der Waals surface area contributed by atoms with Crippen LogP contribution in [0.3, 0.4) is 0 Å². The lowest BCUT2D eigenvalue weighted by Crippen LogP contribution is -1.71. The van der Waals surface area contributed by atoms with Crippen molar-refractivity contribution in [2.75, 3.05) is 0 Å². The summed E-state index contributed by atoms with van der Waals surface area (Å²) in [5.74, 6) is 0.921. The van der Waals surface area contributed by atoms with Gasteiger partial charge in [0, 0.05) is 6.42 Å². The van der Waals surface area contributed by atoms with E-state index in [0.717, 1.165) is 18.6 Å². The molecule has 0 radical (unpaired) electrons. The molecule has 0 aliphatic heterocycles. The van der Waals surface area contributed by atoms with Gasteiger partial charge in [0.05, 0.1) is 0 Å². The molecule has 0 heterocycles. The molecular formula is C4H5NO. The summed E-state index contributed by atoms with van der Waals surface area (Å²) in [6.45, 7) is 0. The van der Waals surface area contributed by atoms with Gasteiger partial charge < -0.3 is 4.74 Å². The number of ether oxygens (including phenoxy) is 1. The molecule has 0 bridgehead atoms. The standard InChI is InChI=1S/C4H5NO/c5-3-6-4-1-2-4/h1,3,5H,2H2. The maximum atomic E-state index is 6.38. The maximum absolute atomic E-state index is 6.38. The Morgan fingerprint density at radius 3 is 2.83 bits per heavy atom. The summed E-state index contributed by atoms with van der Waals surface area (Å²) in [6, 6.07) is 0. The Morgan fingerprint density at radius 2 is 2.67 bits per heavy atom. The zero-order valence-corrected chi connectivity index (χ0v) is 3.27. The number of hydrogen-bond donors (Lipinski definition) is 1. The first-order valence-electron chi connectivity index (χ1n) is 1.78. The van der Waals surface area contributed by atoms with Crippen LogP contribution < -0.4 is 0 Å². The number of allylic oxidation sites excluding steroid dienone is 2. The van der Waals surface area contributed by atoms with Crippen molar-refractivity contribution >= 4 is 6.40 Å². The minimum absolute atomic E-state index is 0.921. The second-order valence-electron chi connectivity index (χ2n) is 1.11. The fourth-order valence-corrected chi connectivity index (χ4v) is 0.214.